The molecular formula is C11H11F2N3O2. The average molecular weight is 255 g/mol. The van der Waals surface area contributed by atoms with E-state index in [0.29, 0.717) is 18.9 Å². The number of ether oxygens (including phenoxy) is 1. The van der Waals surface area contributed by atoms with Crippen molar-refractivity contribution in [2.24, 2.45) is 5.73 Å². The van der Waals surface area contributed by atoms with E-state index in [1.54, 1.807) is 0 Å². The van der Waals surface area contributed by atoms with E-state index in [9.17, 15) is 8.78 Å². The third-order valence-electron chi connectivity index (χ3n) is 2.11. The molecule has 0 bridgehead atoms. The van der Waals surface area contributed by atoms with Gasteiger partial charge in [-0.1, -0.05) is 0 Å². The van der Waals surface area contributed by atoms with Crippen LogP contribution in [0.15, 0.2) is 22.6 Å². The van der Waals surface area contributed by atoms with E-state index >= 15 is 0 Å². The van der Waals surface area contributed by atoms with Crippen molar-refractivity contribution in [2.75, 3.05) is 6.54 Å². The number of rotatable bonds is 5. The lowest BCUT2D eigenvalue weighted by Crippen LogP contribution is -2.02. The van der Waals surface area contributed by atoms with Gasteiger partial charge in [0.15, 0.2) is 18.2 Å². The summed E-state index contributed by atoms with van der Waals surface area (Å²) in [6, 6.07) is 3.04. The van der Waals surface area contributed by atoms with Gasteiger partial charge in [-0.15, -0.1) is 10.2 Å². The summed E-state index contributed by atoms with van der Waals surface area (Å²) in [6.45, 7) is 0.315. The minimum absolute atomic E-state index is 0.0741. The molecule has 96 valence electrons. The highest BCUT2D eigenvalue weighted by Gasteiger charge is 2.09. The van der Waals surface area contributed by atoms with Gasteiger partial charge >= 0.3 is 0 Å². The molecule has 0 fully saturated rings. The smallest absolute Gasteiger partial charge is 0.253 e. The van der Waals surface area contributed by atoms with Crippen molar-refractivity contribution >= 4 is 0 Å². The van der Waals surface area contributed by atoms with Crippen molar-refractivity contribution < 1.29 is 17.9 Å². The molecule has 1 heterocycles. The lowest BCUT2D eigenvalue weighted by atomic mass is 10.3. The van der Waals surface area contributed by atoms with Gasteiger partial charge in [-0.2, -0.15) is 0 Å². The molecule has 0 saturated carbocycles. The predicted octanol–water partition coefficient (Wildman–Crippen LogP) is 1.43. The van der Waals surface area contributed by atoms with Crippen molar-refractivity contribution in [1.29, 1.82) is 0 Å². The standard InChI is InChI=1S/C11H11F2N3O2/c12-7-1-2-9(8(13)5-7)17-6-11-16-15-10(18-11)3-4-14/h1-2,5H,3-4,6,14H2. The summed E-state index contributed by atoms with van der Waals surface area (Å²) in [5.41, 5.74) is 5.32. The first-order valence-corrected chi connectivity index (χ1v) is 5.28. The first-order valence-electron chi connectivity index (χ1n) is 5.28. The molecule has 0 aliphatic rings. The fourth-order valence-corrected chi connectivity index (χ4v) is 1.30. The number of halogens is 2. The summed E-state index contributed by atoms with van der Waals surface area (Å²) in [7, 11) is 0. The first kappa shape index (κ1) is 12.4. The second-order valence-electron chi connectivity index (χ2n) is 3.49. The van der Waals surface area contributed by atoms with E-state index in [2.05, 4.69) is 10.2 Å². The van der Waals surface area contributed by atoms with Gasteiger partial charge in [-0.3, -0.25) is 0 Å². The Morgan fingerprint density at radius 2 is 2.00 bits per heavy atom. The fraction of sp³-hybridized carbons (Fsp3) is 0.273. The van der Waals surface area contributed by atoms with Crippen molar-refractivity contribution in [3.05, 3.63) is 41.6 Å². The summed E-state index contributed by atoms with van der Waals surface area (Å²) in [4.78, 5) is 0. The number of nitrogens with zero attached hydrogens (tertiary/aromatic N) is 2. The van der Waals surface area contributed by atoms with Gasteiger partial charge in [-0.05, 0) is 12.1 Å². The topological polar surface area (TPSA) is 74.2 Å². The van der Waals surface area contributed by atoms with Crippen molar-refractivity contribution in [3.8, 4) is 5.75 Å². The van der Waals surface area contributed by atoms with E-state index in [1.807, 2.05) is 0 Å². The quantitative estimate of drug-likeness (QED) is 0.874. The van der Waals surface area contributed by atoms with E-state index in [1.165, 1.54) is 6.07 Å². The van der Waals surface area contributed by atoms with Crippen LogP contribution in [-0.4, -0.2) is 16.7 Å². The molecule has 0 unspecified atom stereocenters. The van der Waals surface area contributed by atoms with Crippen molar-refractivity contribution in [2.45, 2.75) is 13.0 Å². The van der Waals surface area contributed by atoms with Crippen LogP contribution in [0.3, 0.4) is 0 Å². The highest BCUT2D eigenvalue weighted by molar-refractivity contribution is 5.24. The first-order chi connectivity index (χ1) is 8.69. The molecule has 0 aliphatic carbocycles. The molecule has 1 aromatic heterocycles. The summed E-state index contributed by atoms with van der Waals surface area (Å²) in [5.74, 6) is -0.910. The number of aromatic nitrogens is 2. The number of hydrogen-bond acceptors (Lipinski definition) is 5. The molecule has 18 heavy (non-hydrogen) atoms. The molecule has 1 aromatic carbocycles. The van der Waals surface area contributed by atoms with Gasteiger partial charge in [0.1, 0.15) is 5.82 Å². The molecule has 2 rings (SSSR count). The zero-order valence-corrected chi connectivity index (χ0v) is 9.40. The third kappa shape index (κ3) is 3.01. The Kier molecular flexibility index (Phi) is 3.83. The Morgan fingerprint density at radius 3 is 2.72 bits per heavy atom. The van der Waals surface area contributed by atoms with Crippen molar-refractivity contribution in [1.82, 2.24) is 10.2 Å². The SMILES string of the molecule is NCCc1nnc(COc2ccc(F)cc2F)o1. The summed E-state index contributed by atoms with van der Waals surface area (Å²) < 4.78 is 36.2. The minimum atomic E-state index is -0.781. The molecule has 2 aromatic rings. The van der Waals surface area contributed by atoms with Crippen LogP contribution >= 0.6 is 0 Å². The zero-order chi connectivity index (χ0) is 13.0. The maximum Gasteiger partial charge on any atom is 0.253 e. The highest BCUT2D eigenvalue weighted by Crippen LogP contribution is 2.18. The molecule has 0 aliphatic heterocycles. The van der Waals surface area contributed by atoms with Crippen LogP contribution in [0.4, 0.5) is 8.78 Å². The lowest BCUT2D eigenvalue weighted by molar-refractivity contribution is 0.248. The molecule has 0 atom stereocenters. The minimum Gasteiger partial charge on any atom is -0.481 e. The van der Waals surface area contributed by atoms with Gasteiger partial charge in [0.2, 0.25) is 5.89 Å². The maximum atomic E-state index is 13.2. The molecule has 0 amide bonds. The summed E-state index contributed by atoms with van der Waals surface area (Å²) in [5, 5.41) is 7.43. The lowest BCUT2D eigenvalue weighted by Gasteiger charge is -2.04. The number of benzene rings is 1. The number of nitrogens with two attached hydrogens (primary N) is 1. The second kappa shape index (κ2) is 5.54. The largest absolute Gasteiger partial charge is 0.481 e. The third-order valence-corrected chi connectivity index (χ3v) is 2.11. The van der Waals surface area contributed by atoms with E-state index in [4.69, 9.17) is 14.9 Å². The zero-order valence-electron chi connectivity index (χ0n) is 9.40. The Balaban J connectivity index is 1.97. The van der Waals surface area contributed by atoms with Crippen LogP contribution in [0, 0.1) is 11.6 Å². The van der Waals surface area contributed by atoms with Gasteiger partial charge in [0.05, 0.1) is 0 Å². The maximum absolute atomic E-state index is 13.2. The molecule has 0 saturated heterocycles. The van der Waals surface area contributed by atoms with Crippen LogP contribution in [0.25, 0.3) is 0 Å². The molecular weight excluding hydrogens is 244 g/mol. The van der Waals surface area contributed by atoms with Crippen molar-refractivity contribution in [3.63, 3.8) is 0 Å². The van der Waals surface area contributed by atoms with Gasteiger partial charge in [0.25, 0.3) is 5.89 Å². The Bertz CT molecular complexity index is 531. The highest BCUT2D eigenvalue weighted by atomic mass is 19.1. The normalized spacial score (nSPS) is 10.6. The van der Waals surface area contributed by atoms with Crippen LogP contribution in [0.1, 0.15) is 11.8 Å². The Hall–Kier alpha value is -2.02. The van der Waals surface area contributed by atoms with Gasteiger partial charge in [0, 0.05) is 19.0 Å². The fourth-order valence-electron chi connectivity index (χ4n) is 1.30. The van der Waals surface area contributed by atoms with Crippen LogP contribution in [-0.2, 0) is 13.0 Å². The van der Waals surface area contributed by atoms with Crippen LogP contribution in [0.2, 0.25) is 0 Å². The van der Waals surface area contributed by atoms with E-state index < -0.39 is 11.6 Å². The monoisotopic (exact) mass is 255 g/mol. The second-order valence-corrected chi connectivity index (χ2v) is 3.49. The van der Waals surface area contributed by atoms with E-state index in [-0.39, 0.29) is 18.2 Å². The summed E-state index contributed by atoms with van der Waals surface area (Å²) in [6.07, 6.45) is 0.470. The molecule has 2 N–H and O–H groups in total. The van der Waals surface area contributed by atoms with Gasteiger partial charge < -0.3 is 14.9 Å². The molecule has 5 nitrogen and oxygen atoms in total. The average Bonchev–Trinajstić information content (AvgIpc) is 2.76. The van der Waals surface area contributed by atoms with Gasteiger partial charge in [-0.25, -0.2) is 8.78 Å². The van der Waals surface area contributed by atoms with Crippen LogP contribution in [0.5, 0.6) is 5.75 Å². The Morgan fingerprint density at radius 1 is 1.22 bits per heavy atom. The molecule has 7 heteroatoms. The van der Waals surface area contributed by atoms with E-state index in [0.717, 1.165) is 12.1 Å². The predicted molar refractivity (Wildman–Crippen MR) is 57.7 cm³/mol. The molecule has 0 radical (unpaired) electrons. The number of hydrogen-bond donors (Lipinski definition) is 1. The van der Waals surface area contributed by atoms with Crippen LogP contribution < -0.4 is 10.5 Å². The summed E-state index contributed by atoms with van der Waals surface area (Å²) >= 11 is 0. The Labute approximate surface area is 102 Å². The molecule has 0 spiro atoms.